The highest BCUT2D eigenvalue weighted by Crippen LogP contribution is 2.27. The Morgan fingerprint density at radius 2 is 1.82 bits per heavy atom. The number of carbonyl (C=O) groups is 1. The summed E-state index contributed by atoms with van der Waals surface area (Å²) in [7, 11) is 0. The molecule has 0 aromatic carbocycles. The van der Waals surface area contributed by atoms with E-state index in [1.54, 1.807) is 0 Å². The van der Waals surface area contributed by atoms with Gasteiger partial charge in [-0.05, 0) is 37.8 Å². The molecule has 1 N–H and O–H groups in total. The van der Waals surface area contributed by atoms with E-state index in [1.807, 2.05) is 29.4 Å². The van der Waals surface area contributed by atoms with Gasteiger partial charge in [-0.15, -0.1) is 0 Å². The first-order valence-corrected chi connectivity index (χ1v) is 8.44. The van der Waals surface area contributed by atoms with Crippen LogP contribution in [0.4, 0.5) is 10.5 Å². The number of amides is 2. The van der Waals surface area contributed by atoms with E-state index >= 15 is 0 Å². The first-order chi connectivity index (χ1) is 10.7. The smallest absolute Gasteiger partial charge is 0.317 e. The van der Waals surface area contributed by atoms with E-state index < -0.39 is 0 Å². The number of nitrogens with zero attached hydrogens (tertiary/aromatic N) is 3. The summed E-state index contributed by atoms with van der Waals surface area (Å²) in [4.78, 5) is 20.7. The molecule has 2 fully saturated rings. The van der Waals surface area contributed by atoms with Gasteiger partial charge in [0.05, 0.1) is 0 Å². The van der Waals surface area contributed by atoms with Crippen LogP contribution >= 0.6 is 0 Å². The third-order valence-corrected chi connectivity index (χ3v) is 5.05. The van der Waals surface area contributed by atoms with Crippen LogP contribution in [0.1, 0.15) is 32.6 Å². The zero-order valence-corrected chi connectivity index (χ0v) is 13.4. The van der Waals surface area contributed by atoms with Gasteiger partial charge in [0.1, 0.15) is 0 Å². The Labute approximate surface area is 132 Å². The number of piperazine rings is 1. The summed E-state index contributed by atoms with van der Waals surface area (Å²) < 4.78 is 0. The van der Waals surface area contributed by atoms with Gasteiger partial charge in [0.25, 0.3) is 0 Å². The minimum Gasteiger partial charge on any atom is -0.368 e. The fraction of sp³-hybridized carbons (Fsp3) is 0.647. The highest BCUT2D eigenvalue weighted by molar-refractivity contribution is 5.75. The second-order valence-electron chi connectivity index (χ2n) is 6.46. The summed E-state index contributed by atoms with van der Waals surface area (Å²) in [5, 5.41) is 3.20. The fourth-order valence-corrected chi connectivity index (χ4v) is 3.58. The quantitative estimate of drug-likeness (QED) is 0.933. The van der Waals surface area contributed by atoms with Gasteiger partial charge in [0.15, 0.2) is 0 Å². The summed E-state index contributed by atoms with van der Waals surface area (Å²) in [6.07, 6.45) is 8.79. The van der Waals surface area contributed by atoms with Crippen LogP contribution in [-0.2, 0) is 0 Å². The third kappa shape index (κ3) is 3.51. The van der Waals surface area contributed by atoms with Crippen LogP contribution in [0.5, 0.6) is 0 Å². The molecule has 5 heteroatoms. The first-order valence-electron chi connectivity index (χ1n) is 8.44. The van der Waals surface area contributed by atoms with E-state index in [0.29, 0.717) is 12.0 Å². The molecular weight excluding hydrogens is 276 g/mol. The number of hydrogen-bond acceptors (Lipinski definition) is 3. The molecule has 0 spiro atoms. The van der Waals surface area contributed by atoms with Crippen molar-refractivity contribution in [3.63, 3.8) is 0 Å². The summed E-state index contributed by atoms with van der Waals surface area (Å²) in [6, 6.07) is 4.46. The van der Waals surface area contributed by atoms with Crippen LogP contribution < -0.4 is 10.2 Å². The van der Waals surface area contributed by atoms with Crippen molar-refractivity contribution in [2.24, 2.45) is 5.92 Å². The predicted octanol–water partition coefficient (Wildman–Crippen LogP) is 2.49. The van der Waals surface area contributed by atoms with Crippen LogP contribution in [-0.4, -0.2) is 48.1 Å². The molecule has 0 bridgehead atoms. The Bertz CT molecular complexity index is 479. The molecule has 1 atom stereocenters. The SMILES string of the molecule is C[C@@H](NC(=O)N1CCN(c2ccncc2)CC1)C1CCCC1. The van der Waals surface area contributed by atoms with E-state index in [2.05, 4.69) is 22.1 Å². The van der Waals surface area contributed by atoms with Crippen molar-refractivity contribution >= 4 is 11.7 Å². The number of anilines is 1. The van der Waals surface area contributed by atoms with Gasteiger partial charge in [-0.25, -0.2) is 4.79 Å². The monoisotopic (exact) mass is 302 g/mol. The maximum Gasteiger partial charge on any atom is 0.317 e. The first kappa shape index (κ1) is 15.1. The van der Waals surface area contributed by atoms with E-state index in [1.165, 1.54) is 31.4 Å². The molecule has 0 radical (unpaired) electrons. The zero-order chi connectivity index (χ0) is 15.4. The van der Waals surface area contributed by atoms with Gasteiger partial charge < -0.3 is 15.1 Å². The molecule has 0 unspecified atom stereocenters. The second-order valence-corrected chi connectivity index (χ2v) is 6.46. The van der Waals surface area contributed by atoms with E-state index in [0.717, 1.165) is 26.2 Å². The minimum atomic E-state index is 0.105. The maximum atomic E-state index is 12.4. The Morgan fingerprint density at radius 1 is 1.18 bits per heavy atom. The summed E-state index contributed by atoms with van der Waals surface area (Å²) in [6.45, 7) is 5.49. The van der Waals surface area contributed by atoms with Gasteiger partial charge >= 0.3 is 6.03 Å². The van der Waals surface area contributed by atoms with Crippen LogP contribution in [0.25, 0.3) is 0 Å². The molecule has 1 aromatic rings. The normalized spacial score (nSPS) is 21.0. The lowest BCUT2D eigenvalue weighted by Crippen LogP contribution is -2.54. The molecule has 120 valence electrons. The van der Waals surface area contributed by atoms with Crippen molar-refractivity contribution in [2.75, 3.05) is 31.1 Å². The number of rotatable bonds is 3. The summed E-state index contributed by atoms with van der Waals surface area (Å²) in [5.74, 6) is 0.669. The number of urea groups is 1. The number of pyridine rings is 1. The van der Waals surface area contributed by atoms with Crippen molar-refractivity contribution < 1.29 is 4.79 Å². The van der Waals surface area contributed by atoms with Gasteiger partial charge in [0, 0.05) is 50.3 Å². The second kappa shape index (κ2) is 6.99. The molecule has 2 aliphatic rings. The van der Waals surface area contributed by atoms with Crippen LogP contribution in [0.15, 0.2) is 24.5 Å². The van der Waals surface area contributed by atoms with Gasteiger partial charge in [0.2, 0.25) is 0 Å². The molecule has 1 aliphatic carbocycles. The average molecular weight is 302 g/mol. The van der Waals surface area contributed by atoms with Crippen molar-refractivity contribution in [3.05, 3.63) is 24.5 Å². The Morgan fingerprint density at radius 3 is 2.45 bits per heavy atom. The molecule has 1 saturated heterocycles. The van der Waals surface area contributed by atoms with Gasteiger partial charge in [-0.1, -0.05) is 12.8 Å². The molecule has 5 nitrogen and oxygen atoms in total. The van der Waals surface area contributed by atoms with Crippen molar-refractivity contribution in [1.82, 2.24) is 15.2 Å². The topological polar surface area (TPSA) is 48.5 Å². The average Bonchev–Trinajstić information content (AvgIpc) is 3.10. The highest BCUT2D eigenvalue weighted by Gasteiger charge is 2.26. The van der Waals surface area contributed by atoms with Crippen molar-refractivity contribution in [3.8, 4) is 0 Å². The van der Waals surface area contributed by atoms with E-state index in [-0.39, 0.29) is 6.03 Å². The summed E-state index contributed by atoms with van der Waals surface area (Å²) >= 11 is 0. The third-order valence-electron chi connectivity index (χ3n) is 5.05. The lowest BCUT2D eigenvalue weighted by molar-refractivity contribution is 0.186. The van der Waals surface area contributed by atoms with E-state index in [9.17, 15) is 4.79 Å². The molecule has 2 heterocycles. The Balaban J connectivity index is 1.47. The van der Waals surface area contributed by atoms with Crippen molar-refractivity contribution in [2.45, 2.75) is 38.6 Å². The lowest BCUT2D eigenvalue weighted by Gasteiger charge is -2.36. The van der Waals surface area contributed by atoms with Crippen LogP contribution in [0, 0.1) is 5.92 Å². The molecule has 2 amide bonds. The number of aromatic nitrogens is 1. The molecule has 1 saturated carbocycles. The zero-order valence-electron chi connectivity index (χ0n) is 13.4. The molecule has 22 heavy (non-hydrogen) atoms. The van der Waals surface area contributed by atoms with Crippen LogP contribution in [0.3, 0.4) is 0 Å². The number of nitrogens with one attached hydrogen (secondary N) is 1. The highest BCUT2D eigenvalue weighted by atomic mass is 16.2. The van der Waals surface area contributed by atoms with Crippen LogP contribution in [0.2, 0.25) is 0 Å². The van der Waals surface area contributed by atoms with E-state index in [4.69, 9.17) is 0 Å². The minimum absolute atomic E-state index is 0.105. The standard InChI is InChI=1S/C17H26N4O/c1-14(15-4-2-3-5-15)19-17(22)21-12-10-20(11-13-21)16-6-8-18-9-7-16/h6-9,14-15H,2-5,10-13H2,1H3,(H,19,22)/t14-/m1/s1. The predicted molar refractivity (Wildman–Crippen MR) is 88.0 cm³/mol. The Hall–Kier alpha value is -1.78. The number of carbonyl (C=O) groups excluding carboxylic acids is 1. The molecule has 1 aromatic heterocycles. The number of hydrogen-bond donors (Lipinski definition) is 1. The van der Waals surface area contributed by atoms with Gasteiger partial charge in [-0.3, -0.25) is 4.98 Å². The fourth-order valence-electron chi connectivity index (χ4n) is 3.58. The maximum absolute atomic E-state index is 12.4. The van der Waals surface area contributed by atoms with Gasteiger partial charge in [-0.2, -0.15) is 0 Å². The molecule has 3 rings (SSSR count). The van der Waals surface area contributed by atoms with Crippen molar-refractivity contribution in [1.29, 1.82) is 0 Å². The molecular formula is C17H26N4O. The Kier molecular flexibility index (Phi) is 4.80. The lowest BCUT2D eigenvalue weighted by atomic mass is 10.00. The molecule has 1 aliphatic heterocycles. The summed E-state index contributed by atoms with van der Waals surface area (Å²) in [5.41, 5.74) is 1.19. The largest absolute Gasteiger partial charge is 0.368 e.